The monoisotopic (exact) mass is 868 g/mol. The Labute approximate surface area is 370 Å². The Hall–Kier alpha value is -3.29. The molecule has 4 rings (SSSR count). The number of carbonyl (C=O) groups is 5. The Balaban J connectivity index is 1.67. The fourth-order valence-corrected chi connectivity index (χ4v) is 9.83. The number of esters is 1. The van der Waals surface area contributed by atoms with E-state index in [0.717, 1.165) is 31.3 Å². The largest absolute Gasteiger partial charge is 0.460 e. The highest BCUT2D eigenvalue weighted by Crippen LogP contribution is 2.37. The molecule has 2 saturated heterocycles. The molecule has 12 nitrogen and oxygen atoms in total. The normalized spacial score (nSPS) is 39.4. The molecular weight excluding hydrogens is 791 g/mol. The van der Waals surface area contributed by atoms with Gasteiger partial charge in [0.2, 0.25) is 5.79 Å². The summed E-state index contributed by atoms with van der Waals surface area (Å²) < 4.78 is 23.7. The lowest BCUT2D eigenvalue weighted by Gasteiger charge is -2.42. The van der Waals surface area contributed by atoms with Crippen molar-refractivity contribution in [3.8, 4) is 0 Å². The Morgan fingerprint density at radius 2 is 1.63 bits per heavy atom. The maximum atomic E-state index is 14.3. The van der Waals surface area contributed by atoms with Crippen LogP contribution in [-0.2, 0) is 42.9 Å². The number of aliphatic hydroxyl groups excluding tert-OH is 1. The van der Waals surface area contributed by atoms with Gasteiger partial charge in [-0.15, -0.1) is 0 Å². The van der Waals surface area contributed by atoms with Crippen LogP contribution in [0.3, 0.4) is 0 Å². The number of ether oxygens (including phenoxy) is 4. The number of rotatable bonds is 5. The third-order valence-electron chi connectivity index (χ3n) is 14.0. The summed E-state index contributed by atoms with van der Waals surface area (Å²) in [6, 6.07) is -1.08. The number of allylic oxidation sites excluding steroid dienone is 7. The van der Waals surface area contributed by atoms with Gasteiger partial charge in [0.15, 0.2) is 5.78 Å². The minimum absolute atomic E-state index is 0.0625. The highest BCUT2D eigenvalue weighted by Gasteiger charge is 2.52. The van der Waals surface area contributed by atoms with Gasteiger partial charge in [-0.3, -0.25) is 19.2 Å². The first-order valence-corrected chi connectivity index (χ1v) is 23.3. The fraction of sp³-hybridized carbons (Fsp3) is 0.740. The molecule has 1 saturated carbocycles. The van der Waals surface area contributed by atoms with Crippen LogP contribution in [0.2, 0.25) is 0 Å². The van der Waals surface area contributed by atoms with Gasteiger partial charge in [0, 0.05) is 44.9 Å². The first kappa shape index (κ1) is 51.3. The SMILES string of the molecule is CO[C@H]1CCCC(C[C@@H](C)[C@@H]2CC(=O)[C@H](C)/C=C(\C)[C@@H](O)[C@@H](OC)C(=O)[C@H](C)C[C@H](C)/C=C/C=C/C=C(\C)CC[C@@H]3CC[C@@H](C)[C@@](O)(O3)C(=O)C(=O)N3CCCC[C@H]3C(=O)O2)C1. The van der Waals surface area contributed by atoms with Crippen molar-refractivity contribution in [3.05, 3.63) is 47.6 Å². The van der Waals surface area contributed by atoms with E-state index in [9.17, 15) is 34.2 Å². The number of hydrogen-bond acceptors (Lipinski definition) is 11. The number of hydrogen-bond donors (Lipinski definition) is 2. The van der Waals surface area contributed by atoms with E-state index in [0.29, 0.717) is 62.9 Å². The predicted molar refractivity (Wildman–Crippen MR) is 238 cm³/mol. The topological polar surface area (TPSA) is 166 Å². The van der Waals surface area contributed by atoms with Crippen LogP contribution < -0.4 is 0 Å². The summed E-state index contributed by atoms with van der Waals surface area (Å²) in [5.74, 6) is -7.13. The van der Waals surface area contributed by atoms with Crippen molar-refractivity contribution >= 4 is 29.2 Å². The van der Waals surface area contributed by atoms with E-state index in [1.807, 2.05) is 58.1 Å². The first-order valence-electron chi connectivity index (χ1n) is 23.3. The van der Waals surface area contributed by atoms with E-state index in [1.54, 1.807) is 34.0 Å². The second-order valence-corrected chi connectivity index (χ2v) is 19.1. The van der Waals surface area contributed by atoms with Gasteiger partial charge in [-0.05, 0) is 108 Å². The van der Waals surface area contributed by atoms with Gasteiger partial charge in [0.25, 0.3) is 11.7 Å². The van der Waals surface area contributed by atoms with E-state index < -0.39 is 71.7 Å². The molecule has 2 N–H and O–H groups in total. The Morgan fingerprint density at radius 3 is 2.34 bits per heavy atom. The smallest absolute Gasteiger partial charge is 0.329 e. The van der Waals surface area contributed by atoms with Gasteiger partial charge >= 0.3 is 5.97 Å². The molecule has 0 aromatic carbocycles. The molecule has 3 aliphatic heterocycles. The minimum Gasteiger partial charge on any atom is -0.460 e. The zero-order valence-corrected chi connectivity index (χ0v) is 39.0. The number of cyclic esters (lactones) is 1. The standard InChI is InChI=1S/C50H77NO11/c1-31-16-11-10-12-17-32(2)26-35(5)44(53)46(60-9)45(54)36(6)27-33(3)42(52)30-43(34(4)28-38-18-15-19-40(29-38)59-8)61-49(57)41-20-13-14-25-51(41)48(56)47(55)50(58)37(7)22-24-39(62-50)23-21-31/h10-12,16-17,27,32-35,37-41,43,45-46,54,58H,13-15,18-26,28-30H2,1-9H3/b11-10+,17-12+,31-16+,36-27+/t32-,33-,34-,35-,37-,38?,39-,40+,41+,43+,45-,46+,50-/m1/s1. The van der Waals surface area contributed by atoms with Crippen molar-refractivity contribution in [3.63, 3.8) is 0 Å². The molecule has 1 aliphatic carbocycles. The highest BCUT2D eigenvalue weighted by molar-refractivity contribution is 6.39. The second kappa shape index (κ2) is 24.1. The third-order valence-corrected chi connectivity index (χ3v) is 14.0. The van der Waals surface area contributed by atoms with Crippen LogP contribution in [0.4, 0.5) is 0 Å². The first-order chi connectivity index (χ1) is 29.4. The van der Waals surface area contributed by atoms with Crippen molar-refractivity contribution in [2.24, 2.45) is 35.5 Å². The second-order valence-electron chi connectivity index (χ2n) is 19.1. The zero-order valence-electron chi connectivity index (χ0n) is 39.0. The molecule has 62 heavy (non-hydrogen) atoms. The van der Waals surface area contributed by atoms with Gasteiger partial charge in [-0.25, -0.2) is 4.79 Å². The van der Waals surface area contributed by atoms with Gasteiger partial charge in [-0.2, -0.15) is 0 Å². The van der Waals surface area contributed by atoms with Crippen molar-refractivity contribution in [2.45, 2.75) is 181 Å². The van der Waals surface area contributed by atoms with E-state index in [1.165, 1.54) is 12.0 Å². The molecule has 0 aromatic heterocycles. The molecular formula is C50H77NO11. The lowest BCUT2D eigenvalue weighted by Crippen LogP contribution is -2.60. The molecule has 0 aromatic rings. The summed E-state index contributed by atoms with van der Waals surface area (Å²) in [7, 11) is 3.12. The third kappa shape index (κ3) is 13.9. The molecule has 12 heteroatoms. The average molecular weight is 868 g/mol. The number of amides is 1. The number of fused-ring (bicyclic) bond motifs is 3. The van der Waals surface area contributed by atoms with Gasteiger partial charge in [0.05, 0.1) is 12.2 Å². The molecule has 0 radical (unpaired) electrons. The number of nitrogens with zero attached hydrogens (tertiary/aromatic N) is 1. The maximum absolute atomic E-state index is 14.3. The van der Waals surface area contributed by atoms with Crippen LogP contribution in [0.25, 0.3) is 0 Å². The summed E-state index contributed by atoms with van der Waals surface area (Å²) in [6.07, 6.45) is 16.7. The Kier molecular flexibility index (Phi) is 20.0. The molecule has 1 unspecified atom stereocenters. The minimum atomic E-state index is -2.34. The van der Waals surface area contributed by atoms with Crippen molar-refractivity contribution in [2.75, 3.05) is 20.8 Å². The van der Waals surface area contributed by atoms with Gasteiger partial charge < -0.3 is 34.1 Å². The average Bonchev–Trinajstić information content (AvgIpc) is 3.25. The Morgan fingerprint density at radius 1 is 0.887 bits per heavy atom. The predicted octanol–water partition coefficient (Wildman–Crippen LogP) is 7.58. The van der Waals surface area contributed by atoms with Crippen LogP contribution in [-0.4, -0.2) is 107 Å². The van der Waals surface area contributed by atoms with Crippen LogP contribution >= 0.6 is 0 Å². The van der Waals surface area contributed by atoms with E-state index in [4.69, 9.17) is 18.9 Å². The van der Waals surface area contributed by atoms with E-state index in [-0.39, 0.29) is 48.9 Å². The van der Waals surface area contributed by atoms with Crippen LogP contribution in [0, 0.1) is 35.5 Å². The molecule has 0 spiro atoms. The zero-order chi connectivity index (χ0) is 45.7. The number of carbonyl (C=O) groups excluding carboxylic acids is 5. The summed E-state index contributed by atoms with van der Waals surface area (Å²) in [6.45, 7) is 13.1. The number of methoxy groups -OCH3 is 2. The van der Waals surface area contributed by atoms with Crippen LogP contribution in [0.5, 0.6) is 0 Å². The molecule has 13 atom stereocenters. The van der Waals surface area contributed by atoms with Crippen LogP contribution in [0.15, 0.2) is 47.6 Å². The number of aliphatic hydroxyl groups is 2. The summed E-state index contributed by atoms with van der Waals surface area (Å²) >= 11 is 0. The maximum Gasteiger partial charge on any atom is 0.329 e. The molecule has 3 heterocycles. The molecule has 2 bridgehead atoms. The Bertz CT molecular complexity index is 1670. The lowest BCUT2D eigenvalue weighted by molar-refractivity contribution is -0.263. The molecule has 1 amide bonds. The summed E-state index contributed by atoms with van der Waals surface area (Å²) in [5.41, 5.74) is 1.49. The van der Waals surface area contributed by atoms with Gasteiger partial charge in [0.1, 0.15) is 30.1 Å². The van der Waals surface area contributed by atoms with Crippen molar-refractivity contribution < 1.29 is 53.1 Å². The van der Waals surface area contributed by atoms with Crippen molar-refractivity contribution in [1.29, 1.82) is 0 Å². The highest BCUT2D eigenvalue weighted by atomic mass is 16.6. The summed E-state index contributed by atoms with van der Waals surface area (Å²) in [4.78, 5) is 71.4. The number of piperidine rings is 1. The van der Waals surface area contributed by atoms with Gasteiger partial charge in [-0.1, -0.05) is 89.5 Å². The fourth-order valence-electron chi connectivity index (χ4n) is 9.83. The lowest BCUT2D eigenvalue weighted by atomic mass is 9.79. The molecule has 3 fully saturated rings. The van der Waals surface area contributed by atoms with E-state index >= 15 is 0 Å². The van der Waals surface area contributed by atoms with Crippen molar-refractivity contribution in [1.82, 2.24) is 4.90 Å². The summed E-state index contributed by atoms with van der Waals surface area (Å²) in [5, 5.41) is 23.2. The van der Waals surface area contributed by atoms with Crippen LogP contribution in [0.1, 0.15) is 138 Å². The number of Topliss-reactive ketones (excluding diaryl/α,β-unsaturated/α-hetero) is 3. The molecule has 348 valence electrons. The quantitative estimate of drug-likeness (QED) is 0.159. The number of ketones is 3. The van der Waals surface area contributed by atoms with E-state index in [2.05, 4.69) is 0 Å². The molecule has 4 aliphatic rings.